The number of hydrogen-bond donors (Lipinski definition) is 0. The molecule has 3 aliphatic heterocycles. The Morgan fingerprint density at radius 3 is 2.34 bits per heavy atom. The maximum Gasteiger partial charge on any atom is 0.311 e. The number of hydrogen-bond acceptors (Lipinski definition) is 7. The van der Waals surface area contributed by atoms with Gasteiger partial charge in [0.1, 0.15) is 5.60 Å². The molecule has 1 aromatic rings. The molecule has 11 atom stereocenters. The first kappa shape index (κ1) is 41.7. The Kier molecular flexibility index (Phi) is 14.9. The van der Waals surface area contributed by atoms with E-state index in [1.54, 1.807) is 24.3 Å². The van der Waals surface area contributed by atoms with Gasteiger partial charge in [-0.1, -0.05) is 94.0 Å². The Bertz CT molecular complexity index is 1360. The number of esters is 1. The van der Waals surface area contributed by atoms with Crippen LogP contribution in [0.25, 0.3) is 0 Å². The minimum Gasteiger partial charge on any atom is -0.465 e. The third-order valence-corrected chi connectivity index (χ3v) is 14.9. The van der Waals surface area contributed by atoms with Gasteiger partial charge in [-0.05, 0) is 102 Å². The fraction of sp³-hybridized carbons (Fsp3) is 0.780. The van der Waals surface area contributed by atoms with Gasteiger partial charge in [0.05, 0.1) is 53.2 Å². The smallest absolute Gasteiger partial charge is 0.311 e. The quantitative estimate of drug-likeness (QED) is 0.0509. The fourth-order valence-electron chi connectivity index (χ4n) is 8.20. The van der Waals surface area contributed by atoms with Crippen LogP contribution in [0.2, 0.25) is 0 Å². The van der Waals surface area contributed by atoms with E-state index in [2.05, 4.69) is 63.8 Å². The SMILES string of the molecule is C=C([C@H](C)CC1CC[C@@H]2O[C@@H](CCCOC(=O)C(C)(C)C)C[C@]2(CI)O1)[C@H](C)CC1OC(C[C@H](C)CC)[C@H](C)[C@H]1CS(=O)(=O)c1ccccc1. The van der Waals surface area contributed by atoms with E-state index < -0.39 is 15.3 Å². The summed E-state index contributed by atoms with van der Waals surface area (Å²) in [6.45, 7) is 21.8. The van der Waals surface area contributed by atoms with Crippen LogP contribution >= 0.6 is 22.6 Å². The van der Waals surface area contributed by atoms with Crippen LogP contribution in [0.5, 0.6) is 0 Å². The summed E-state index contributed by atoms with van der Waals surface area (Å²) in [7, 11) is -3.44. The van der Waals surface area contributed by atoms with Crippen LogP contribution in [0.4, 0.5) is 0 Å². The Balaban J connectivity index is 1.34. The Morgan fingerprint density at radius 1 is 1.02 bits per heavy atom. The first-order valence-corrected chi connectivity index (χ1v) is 22.4. The number of sulfone groups is 1. The minimum absolute atomic E-state index is 0.0628. The third-order valence-electron chi connectivity index (χ3n) is 11.8. The Hall–Kier alpha value is -1.01. The summed E-state index contributed by atoms with van der Waals surface area (Å²) in [4.78, 5) is 12.5. The molecule has 50 heavy (non-hydrogen) atoms. The number of ether oxygens (including phenoxy) is 4. The van der Waals surface area contributed by atoms with Crippen LogP contribution in [-0.2, 0) is 33.6 Å². The van der Waals surface area contributed by atoms with Crippen molar-refractivity contribution in [2.75, 3.05) is 16.8 Å². The van der Waals surface area contributed by atoms with E-state index in [1.807, 2.05) is 26.8 Å². The van der Waals surface area contributed by atoms with E-state index >= 15 is 0 Å². The highest BCUT2D eigenvalue weighted by Gasteiger charge is 2.52. The van der Waals surface area contributed by atoms with Crippen LogP contribution in [0.3, 0.4) is 0 Å². The molecule has 3 heterocycles. The molecule has 0 bridgehead atoms. The number of alkyl halides is 1. The predicted octanol–water partition coefficient (Wildman–Crippen LogP) is 9.40. The molecule has 1 aromatic carbocycles. The predicted molar refractivity (Wildman–Crippen MR) is 209 cm³/mol. The first-order chi connectivity index (χ1) is 23.5. The lowest BCUT2D eigenvalue weighted by Crippen LogP contribution is -2.50. The largest absolute Gasteiger partial charge is 0.465 e. The molecule has 284 valence electrons. The van der Waals surface area contributed by atoms with E-state index in [9.17, 15) is 13.2 Å². The van der Waals surface area contributed by atoms with Crippen molar-refractivity contribution >= 4 is 38.4 Å². The summed E-state index contributed by atoms with van der Waals surface area (Å²) in [6.07, 6.45) is 8.48. The highest BCUT2D eigenvalue weighted by Crippen LogP contribution is 2.46. The lowest BCUT2D eigenvalue weighted by atomic mass is 9.79. The minimum atomic E-state index is -3.44. The molecule has 0 N–H and O–H groups in total. The van der Waals surface area contributed by atoms with E-state index in [0.29, 0.717) is 17.4 Å². The molecule has 3 unspecified atom stereocenters. The van der Waals surface area contributed by atoms with Gasteiger partial charge in [0, 0.05) is 16.8 Å². The average molecular weight is 829 g/mol. The van der Waals surface area contributed by atoms with Gasteiger partial charge in [-0.3, -0.25) is 4.79 Å². The fourth-order valence-corrected chi connectivity index (χ4v) is 11.0. The zero-order valence-corrected chi connectivity index (χ0v) is 35.0. The lowest BCUT2D eigenvalue weighted by Gasteiger charge is -2.42. The van der Waals surface area contributed by atoms with Crippen LogP contribution in [0.1, 0.15) is 113 Å². The maximum atomic E-state index is 13.6. The van der Waals surface area contributed by atoms with Gasteiger partial charge in [0.25, 0.3) is 0 Å². The Morgan fingerprint density at radius 2 is 1.70 bits per heavy atom. The average Bonchev–Trinajstić information content (AvgIpc) is 3.58. The summed E-state index contributed by atoms with van der Waals surface area (Å²) in [5, 5.41) is 0. The molecule has 3 fully saturated rings. The summed E-state index contributed by atoms with van der Waals surface area (Å²) in [5.74, 6) is 1.01. The second-order valence-corrected chi connectivity index (χ2v) is 19.7. The standard InChI is InChI=1S/C41H65IO7S/c1-10-27(2)21-36-31(6)35(25-50(44,45)34-16-12-11-13-17-34)37(48-36)23-29(4)30(5)28(3)22-32-18-19-38-41(26-42,49-32)24-33(47-38)15-14-20-46-39(43)40(7,8)9/h11-13,16-17,27-29,31-33,35-38H,5,10,14-15,18-26H2,1-4,6-9H3/t27-,28-,29-,31-,32?,33+,35-,36?,37?,38+,41-/m1/s1. The molecule has 0 saturated carbocycles. The molecule has 0 amide bonds. The van der Waals surface area contributed by atoms with Gasteiger partial charge < -0.3 is 18.9 Å². The van der Waals surface area contributed by atoms with Crippen LogP contribution in [0, 0.1) is 35.0 Å². The molecule has 3 aliphatic rings. The van der Waals surface area contributed by atoms with Crippen molar-refractivity contribution < 1.29 is 32.2 Å². The molecule has 0 spiro atoms. The second-order valence-electron chi connectivity index (χ2n) is 16.9. The lowest BCUT2D eigenvalue weighted by molar-refractivity contribution is -0.156. The van der Waals surface area contributed by atoms with E-state index in [1.165, 1.54) is 5.57 Å². The van der Waals surface area contributed by atoms with Crippen molar-refractivity contribution in [1.82, 2.24) is 0 Å². The van der Waals surface area contributed by atoms with Gasteiger partial charge in [0.2, 0.25) is 0 Å². The summed E-state index contributed by atoms with van der Waals surface area (Å²) < 4.78 is 53.7. The number of carbonyl (C=O) groups excluding carboxylic acids is 1. The van der Waals surface area contributed by atoms with Crippen molar-refractivity contribution in [2.24, 2.45) is 35.0 Å². The molecule has 9 heteroatoms. The van der Waals surface area contributed by atoms with Crippen molar-refractivity contribution in [3.05, 3.63) is 42.5 Å². The molecule has 3 saturated heterocycles. The number of carbonyl (C=O) groups is 1. The highest BCUT2D eigenvalue weighted by atomic mass is 127. The molecular formula is C41H65IO7S. The molecule has 4 rings (SSSR count). The molecule has 0 radical (unpaired) electrons. The van der Waals surface area contributed by atoms with Gasteiger partial charge in [-0.25, -0.2) is 8.42 Å². The van der Waals surface area contributed by atoms with Gasteiger partial charge in [0.15, 0.2) is 9.84 Å². The molecule has 0 aliphatic carbocycles. The number of rotatable bonds is 17. The molecular weight excluding hydrogens is 763 g/mol. The van der Waals surface area contributed by atoms with Crippen LogP contribution < -0.4 is 0 Å². The summed E-state index contributed by atoms with van der Waals surface area (Å²) >= 11 is 2.46. The van der Waals surface area contributed by atoms with E-state index in [0.717, 1.165) is 62.2 Å². The number of allylic oxidation sites excluding steroid dienone is 1. The van der Waals surface area contributed by atoms with E-state index in [4.69, 9.17) is 18.9 Å². The normalized spacial score (nSPS) is 31.9. The molecule has 7 nitrogen and oxygen atoms in total. The van der Waals surface area contributed by atoms with Crippen molar-refractivity contribution in [1.29, 1.82) is 0 Å². The number of benzene rings is 1. The number of halogens is 1. The summed E-state index contributed by atoms with van der Waals surface area (Å²) in [6, 6.07) is 8.86. The van der Waals surface area contributed by atoms with Gasteiger partial charge in [-0.2, -0.15) is 0 Å². The summed E-state index contributed by atoms with van der Waals surface area (Å²) in [5.41, 5.74) is 0.426. The maximum absolute atomic E-state index is 13.6. The number of fused-ring (bicyclic) bond motifs is 1. The second kappa shape index (κ2) is 17.9. The van der Waals surface area contributed by atoms with Crippen LogP contribution in [-0.4, -0.2) is 67.3 Å². The third kappa shape index (κ3) is 10.6. The van der Waals surface area contributed by atoms with Gasteiger partial charge >= 0.3 is 5.97 Å². The first-order valence-electron chi connectivity index (χ1n) is 19.2. The van der Waals surface area contributed by atoms with Crippen molar-refractivity contribution in [2.45, 2.75) is 154 Å². The van der Waals surface area contributed by atoms with Crippen molar-refractivity contribution in [3.63, 3.8) is 0 Å². The molecule has 0 aromatic heterocycles. The zero-order chi connectivity index (χ0) is 36.9. The zero-order valence-electron chi connectivity index (χ0n) is 32.0. The van der Waals surface area contributed by atoms with Crippen molar-refractivity contribution in [3.8, 4) is 0 Å². The highest BCUT2D eigenvalue weighted by molar-refractivity contribution is 14.1. The monoisotopic (exact) mass is 828 g/mol. The van der Waals surface area contributed by atoms with Gasteiger partial charge in [-0.15, -0.1) is 0 Å². The van der Waals surface area contributed by atoms with Crippen LogP contribution in [0.15, 0.2) is 47.4 Å². The topological polar surface area (TPSA) is 88.1 Å². The Labute approximate surface area is 317 Å². The van der Waals surface area contributed by atoms with E-state index in [-0.39, 0.29) is 71.5 Å².